The second-order valence-electron chi connectivity index (χ2n) is 5.53. The lowest BCUT2D eigenvalue weighted by atomic mass is 9.86. The van der Waals surface area contributed by atoms with Crippen LogP contribution in [0.15, 0.2) is 42.6 Å². The Morgan fingerprint density at radius 2 is 1.95 bits per heavy atom. The summed E-state index contributed by atoms with van der Waals surface area (Å²) in [6, 6.07) is 11.1. The first-order valence-electron chi connectivity index (χ1n) is 6.93. The molecule has 0 fully saturated rings. The quantitative estimate of drug-likeness (QED) is 0.645. The Hall–Kier alpha value is -2.30. The van der Waals surface area contributed by atoms with Gasteiger partial charge in [0.15, 0.2) is 5.60 Å². The third-order valence-corrected chi connectivity index (χ3v) is 4.59. The van der Waals surface area contributed by atoms with Gasteiger partial charge in [0.05, 0.1) is 5.69 Å². The first-order chi connectivity index (χ1) is 10.5. The summed E-state index contributed by atoms with van der Waals surface area (Å²) >= 11 is 6.30. The van der Waals surface area contributed by atoms with Gasteiger partial charge in [0.1, 0.15) is 0 Å². The van der Waals surface area contributed by atoms with Gasteiger partial charge in [-0.15, -0.1) is 0 Å². The van der Waals surface area contributed by atoms with Gasteiger partial charge in [-0.05, 0) is 24.6 Å². The number of H-pyrrole nitrogens is 1. The molecule has 0 saturated carbocycles. The SMILES string of the molecule is Cc1ccc(Cl)c2c1NC(=O)[C@]2(O)c1c[nH]c2ccccc12. The summed E-state index contributed by atoms with van der Waals surface area (Å²) in [5.74, 6) is -0.483. The van der Waals surface area contributed by atoms with Gasteiger partial charge in [0, 0.05) is 33.2 Å². The van der Waals surface area contributed by atoms with Crippen LogP contribution in [-0.4, -0.2) is 16.0 Å². The van der Waals surface area contributed by atoms with Crippen molar-refractivity contribution in [3.63, 3.8) is 0 Å². The van der Waals surface area contributed by atoms with Gasteiger partial charge in [0.25, 0.3) is 5.91 Å². The highest BCUT2D eigenvalue weighted by Gasteiger charge is 2.50. The number of aromatic nitrogens is 1. The molecule has 1 aromatic heterocycles. The maximum absolute atomic E-state index is 12.6. The Kier molecular flexibility index (Phi) is 2.64. The van der Waals surface area contributed by atoms with E-state index in [9.17, 15) is 9.90 Å². The molecule has 0 aliphatic carbocycles. The maximum atomic E-state index is 12.6. The average Bonchev–Trinajstić information content (AvgIpc) is 3.05. The number of rotatable bonds is 1. The summed E-state index contributed by atoms with van der Waals surface area (Å²) in [5, 5.41) is 15.2. The molecule has 4 rings (SSSR count). The Balaban J connectivity index is 2.07. The highest BCUT2D eigenvalue weighted by molar-refractivity contribution is 6.33. The van der Waals surface area contributed by atoms with Crippen molar-refractivity contribution in [1.82, 2.24) is 4.98 Å². The largest absolute Gasteiger partial charge is 0.372 e. The smallest absolute Gasteiger partial charge is 0.266 e. The van der Waals surface area contributed by atoms with Gasteiger partial charge in [0.2, 0.25) is 0 Å². The topological polar surface area (TPSA) is 65.1 Å². The van der Waals surface area contributed by atoms with Crippen molar-refractivity contribution < 1.29 is 9.90 Å². The predicted octanol–water partition coefficient (Wildman–Crippen LogP) is 3.32. The number of hydrogen-bond acceptors (Lipinski definition) is 2. The number of amides is 1. The number of benzene rings is 2. The van der Waals surface area contributed by atoms with Crippen LogP contribution in [0.1, 0.15) is 16.7 Å². The van der Waals surface area contributed by atoms with E-state index in [4.69, 9.17) is 11.6 Å². The molecule has 2 aromatic carbocycles. The molecule has 110 valence electrons. The van der Waals surface area contributed by atoms with E-state index >= 15 is 0 Å². The fourth-order valence-electron chi connectivity index (χ4n) is 3.14. The molecule has 4 nitrogen and oxygen atoms in total. The Bertz CT molecular complexity index is 932. The molecule has 1 atom stereocenters. The van der Waals surface area contributed by atoms with Gasteiger partial charge in [-0.1, -0.05) is 35.9 Å². The lowest BCUT2D eigenvalue weighted by molar-refractivity contribution is -0.129. The van der Waals surface area contributed by atoms with Crippen molar-refractivity contribution in [2.45, 2.75) is 12.5 Å². The van der Waals surface area contributed by atoms with Gasteiger partial charge in [-0.3, -0.25) is 4.79 Å². The fourth-order valence-corrected chi connectivity index (χ4v) is 3.44. The second kappa shape index (κ2) is 4.35. The van der Waals surface area contributed by atoms with Crippen molar-refractivity contribution >= 4 is 34.1 Å². The summed E-state index contributed by atoms with van der Waals surface area (Å²) in [4.78, 5) is 15.7. The molecule has 0 bridgehead atoms. The normalized spacial score (nSPS) is 20.2. The maximum Gasteiger partial charge on any atom is 0.266 e. The number of fused-ring (bicyclic) bond motifs is 2. The Morgan fingerprint density at radius 3 is 2.77 bits per heavy atom. The molecule has 0 saturated heterocycles. The molecule has 1 aliphatic rings. The highest BCUT2D eigenvalue weighted by Crippen LogP contribution is 2.47. The van der Waals surface area contributed by atoms with E-state index in [2.05, 4.69) is 10.3 Å². The molecular weight excluding hydrogens is 300 g/mol. The minimum absolute atomic E-state index is 0.367. The number of hydrogen-bond donors (Lipinski definition) is 3. The zero-order chi connectivity index (χ0) is 15.5. The first-order valence-corrected chi connectivity index (χ1v) is 7.31. The van der Waals surface area contributed by atoms with Crippen molar-refractivity contribution in [2.24, 2.45) is 0 Å². The summed E-state index contributed by atoms with van der Waals surface area (Å²) in [6.07, 6.45) is 1.66. The van der Waals surface area contributed by atoms with Crippen molar-refractivity contribution in [2.75, 3.05) is 5.32 Å². The van der Waals surface area contributed by atoms with E-state index in [1.54, 1.807) is 12.3 Å². The minimum Gasteiger partial charge on any atom is -0.372 e. The van der Waals surface area contributed by atoms with Crippen LogP contribution in [0.4, 0.5) is 5.69 Å². The number of para-hydroxylation sites is 1. The lowest BCUT2D eigenvalue weighted by Crippen LogP contribution is -2.35. The molecule has 1 amide bonds. The third kappa shape index (κ3) is 1.54. The van der Waals surface area contributed by atoms with Crippen LogP contribution in [0, 0.1) is 6.92 Å². The number of aromatic amines is 1. The van der Waals surface area contributed by atoms with Crippen molar-refractivity contribution in [1.29, 1.82) is 0 Å². The molecule has 0 spiro atoms. The van der Waals surface area contributed by atoms with Crippen LogP contribution >= 0.6 is 11.6 Å². The number of anilines is 1. The molecule has 0 radical (unpaired) electrons. The number of carbonyl (C=O) groups is 1. The number of carbonyl (C=O) groups excluding carboxylic acids is 1. The summed E-state index contributed by atoms with van der Waals surface area (Å²) in [7, 11) is 0. The highest BCUT2D eigenvalue weighted by atomic mass is 35.5. The van der Waals surface area contributed by atoms with Gasteiger partial charge in [-0.2, -0.15) is 0 Å². The third-order valence-electron chi connectivity index (χ3n) is 4.27. The standard InChI is InChI=1S/C17H13ClN2O2/c1-9-6-7-12(18)14-15(9)20-16(21)17(14,22)11-8-19-13-5-3-2-4-10(11)13/h2-8,19,22H,1H3,(H,20,21)/t17-/m0/s1. The fraction of sp³-hybridized carbons (Fsp3) is 0.118. The molecule has 3 N–H and O–H groups in total. The van der Waals surface area contributed by atoms with E-state index in [-0.39, 0.29) is 0 Å². The van der Waals surface area contributed by atoms with E-state index in [0.717, 1.165) is 16.5 Å². The van der Waals surface area contributed by atoms with Gasteiger partial charge in [-0.25, -0.2) is 0 Å². The van der Waals surface area contributed by atoms with Crippen LogP contribution in [0.25, 0.3) is 10.9 Å². The average molecular weight is 313 g/mol. The summed E-state index contributed by atoms with van der Waals surface area (Å²) in [6.45, 7) is 1.87. The molecular formula is C17H13ClN2O2. The van der Waals surface area contributed by atoms with E-state index in [1.807, 2.05) is 37.3 Å². The minimum atomic E-state index is -1.79. The van der Waals surface area contributed by atoms with Crippen molar-refractivity contribution in [3.8, 4) is 0 Å². The molecule has 22 heavy (non-hydrogen) atoms. The zero-order valence-electron chi connectivity index (χ0n) is 11.8. The second-order valence-corrected chi connectivity index (χ2v) is 5.93. The molecule has 2 heterocycles. The first kappa shape index (κ1) is 13.4. The van der Waals surface area contributed by atoms with Crippen LogP contribution in [-0.2, 0) is 10.4 Å². The molecule has 0 unspecified atom stereocenters. The van der Waals surface area contributed by atoms with Gasteiger partial charge >= 0.3 is 0 Å². The number of halogens is 1. The van der Waals surface area contributed by atoms with Crippen LogP contribution in [0.3, 0.4) is 0 Å². The van der Waals surface area contributed by atoms with E-state index < -0.39 is 11.5 Å². The van der Waals surface area contributed by atoms with E-state index in [1.165, 1.54) is 0 Å². The zero-order valence-corrected chi connectivity index (χ0v) is 12.5. The van der Waals surface area contributed by atoms with Crippen LogP contribution in [0.5, 0.6) is 0 Å². The lowest BCUT2D eigenvalue weighted by Gasteiger charge is -2.21. The number of aryl methyl sites for hydroxylation is 1. The number of nitrogens with one attached hydrogen (secondary N) is 2. The summed E-state index contributed by atoms with van der Waals surface area (Å²) < 4.78 is 0. The summed E-state index contributed by atoms with van der Waals surface area (Å²) in [5.41, 5.74) is 1.44. The number of aliphatic hydroxyl groups is 1. The van der Waals surface area contributed by atoms with E-state index in [0.29, 0.717) is 21.8 Å². The monoisotopic (exact) mass is 312 g/mol. The van der Waals surface area contributed by atoms with Crippen LogP contribution < -0.4 is 5.32 Å². The molecule has 5 heteroatoms. The Labute approximate surface area is 131 Å². The predicted molar refractivity (Wildman–Crippen MR) is 86.1 cm³/mol. The molecule has 3 aromatic rings. The Morgan fingerprint density at radius 1 is 1.18 bits per heavy atom. The van der Waals surface area contributed by atoms with Gasteiger partial charge < -0.3 is 15.4 Å². The molecule has 1 aliphatic heterocycles. The van der Waals surface area contributed by atoms with Crippen LogP contribution in [0.2, 0.25) is 5.02 Å². The van der Waals surface area contributed by atoms with Crippen molar-refractivity contribution in [3.05, 3.63) is 64.3 Å².